The number of fused-ring (bicyclic) bond motifs is 1. The Morgan fingerprint density at radius 1 is 1.32 bits per heavy atom. The maximum absolute atomic E-state index is 4.59. The highest BCUT2D eigenvalue weighted by atomic mass is 79.9. The van der Waals surface area contributed by atoms with Crippen molar-refractivity contribution in [3.63, 3.8) is 0 Å². The summed E-state index contributed by atoms with van der Waals surface area (Å²) in [6.45, 7) is 2.11. The molecule has 0 saturated heterocycles. The van der Waals surface area contributed by atoms with E-state index in [2.05, 4.69) is 50.3 Å². The van der Waals surface area contributed by atoms with Crippen LogP contribution in [0.2, 0.25) is 0 Å². The molecule has 0 radical (unpaired) electrons. The number of benzene rings is 1. The van der Waals surface area contributed by atoms with Gasteiger partial charge in [-0.3, -0.25) is 4.98 Å². The monoisotopic (exact) mass is 333 g/mol. The fraction of sp³-hybridized carbons (Fsp3) is 0.143. The molecule has 1 unspecified atom stereocenters. The molecular weight excluding hydrogens is 322 g/mol. The van der Waals surface area contributed by atoms with Gasteiger partial charge in [0, 0.05) is 16.9 Å². The van der Waals surface area contributed by atoms with Gasteiger partial charge in [0.2, 0.25) is 0 Å². The van der Waals surface area contributed by atoms with Crippen LogP contribution in [0.25, 0.3) is 10.2 Å². The Hall–Kier alpha value is -1.46. The number of halogens is 1. The van der Waals surface area contributed by atoms with Crippen LogP contribution in [0.4, 0.5) is 5.13 Å². The maximum Gasteiger partial charge on any atom is 0.184 e. The molecule has 0 aliphatic heterocycles. The van der Waals surface area contributed by atoms with Gasteiger partial charge >= 0.3 is 0 Å². The minimum Gasteiger partial charge on any atom is -0.355 e. The third-order valence-corrected chi connectivity index (χ3v) is 4.32. The first kappa shape index (κ1) is 12.6. The Morgan fingerprint density at radius 3 is 3.00 bits per heavy atom. The van der Waals surface area contributed by atoms with Crippen molar-refractivity contribution in [1.29, 1.82) is 0 Å². The average molecular weight is 334 g/mol. The quantitative estimate of drug-likeness (QED) is 0.759. The zero-order valence-corrected chi connectivity index (χ0v) is 12.7. The van der Waals surface area contributed by atoms with Crippen molar-refractivity contribution >= 4 is 42.6 Å². The van der Waals surface area contributed by atoms with Crippen LogP contribution < -0.4 is 5.32 Å². The smallest absolute Gasteiger partial charge is 0.184 e. The molecule has 0 spiro atoms. The Labute approximate surface area is 123 Å². The fourth-order valence-electron chi connectivity index (χ4n) is 1.86. The summed E-state index contributed by atoms with van der Waals surface area (Å²) in [5, 5.41) is 4.35. The SMILES string of the molecule is CC(Nc1nc2ccc(Br)cc2s1)c1cccnc1. The van der Waals surface area contributed by atoms with Gasteiger partial charge in [0.1, 0.15) is 0 Å². The van der Waals surface area contributed by atoms with E-state index in [1.54, 1.807) is 17.5 Å². The highest BCUT2D eigenvalue weighted by Gasteiger charge is 2.09. The molecular formula is C14H12BrN3S. The third-order valence-electron chi connectivity index (χ3n) is 2.87. The lowest BCUT2D eigenvalue weighted by atomic mass is 10.1. The van der Waals surface area contributed by atoms with Crippen molar-refractivity contribution in [2.45, 2.75) is 13.0 Å². The maximum atomic E-state index is 4.59. The zero-order chi connectivity index (χ0) is 13.2. The molecule has 2 aromatic heterocycles. The number of rotatable bonds is 3. The van der Waals surface area contributed by atoms with Crippen molar-refractivity contribution in [1.82, 2.24) is 9.97 Å². The van der Waals surface area contributed by atoms with Crippen LogP contribution in [0.1, 0.15) is 18.5 Å². The van der Waals surface area contributed by atoms with Gasteiger partial charge < -0.3 is 5.32 Å². The van der Waals surface area contributed by atoms with Gasteiger partial charge in [-0.1, -0.05) is 33.3 Å². The predicted molar refractivity (Wildman–Crippen MR) is 83.6 cm³/mol. The number of thiazole rings is 1. The average Bonchev–Trinajstić information content (AvgIpc) is 2.81. The molecule has 2 heterocycles. The minimum atomic E-state index is 0.192. The van der Waals surface area contributed by atoms with E-state index in [9.17, 15) is 0 Å². The van der Waals surface area contributed by atoms with Crippen molar-refractivity contribution in [3.05, 3.63) is 52.8 Å². The van der Waals surface area contributed by atoms with Crippen molar-refractivity contribution in [2.24, 2.45) is 0 Å². The summed E-state index contributed by atoms with van der Waals surface area (Å²) in [5.74, 6) is 0. The van der Waals surface area contributed by atoms with Crippen LogP contribution in [-0.2, 0) is 0 Å². The Balaban J connectivity index is 1.85. The van der Waals surface area contributed by atoms with Gasteiger partial charge in [-0.05, 0) is 36.8 Å². The number of anilines is 1. The summed E-state index contributed by atoms with van der Waals surface area (Å²) in [5.41, 5.74) is 2.18. The normalized spacial score (nSPS) is 12.5. The van der Waals surface area contributed by atoms with E-state index in [1.807, 2.05) is 24.4 Å². The largest absolute Gasteiger partial charge is 0.355 e. The molecule has 0 aliphatic carbocycles. The standard InChI is InChI=1S/C14H12BrN3S/c1-9(10-3-2-6-16-8-10)17-14-18-12-5-4-11(15)7-13(12)19-14/h2-9H,1H3,(H,17,18). The predicted octanol–water partition coefficient (Wildman–Crippen LogP) is 4.63. The highest BCUT2D eigenvalue weighted by Crippen LogP contribution is 2.30. The Bertz CT molecular complexity index is 696. The van der Waals surface area contributed by atoms with E-state index in [4.69, 9.17) is 0 Å². The lowest BCUT2D eigenvalue weighted by Crippen LogP contribution is -2.06. The topological polar surface area (TPSA) is 37.8 Å². The van der Waals surface area contributed by atoms with E-state index in [1.165, 1.54) is 4.70 Å². The molecule has 3 aromatic rings. The second-order valence-corrected chi connectivity index (χ2v) is 6.23. The number of nitrogens with zero attached hydrogens (tertiary/aromatic N) is 2. The van der Waals surface area contributed by atoms with Crippen LogP contribution in [0.5, 0.6) is 0 Å². The minimum absolute atomic E-state index is 0.192. The third kappa shape index (κ3) is 2.77. The van der Waals surface area contributed by atoms with Gasteiger partial charge in [0.05, 0.1) is 16.3 Å². The number of hydrogen-bond donors (Lipinski definition) is 1. The van der Waals surface area contributed by atoms with E-state index in [0.29, 0.717) is 0 Å². The molecule has 1 N–H and O–H groups in total. The van der Waals surface area contributed by atoms with Gasteiger partial charge in [-0.2, -0.15) is 0 Å². The molecule has 19 heavy (non-hydrogen) atoms. The molecule has 5 heteroatoms. The van der Waals surface area contributed by atoms with Crippen molar-refractivity contribution < 1.29 is 0 Å². The summed E-state index contributed by atoms with van der Waals surface area (Å²) in [6, 6.07) is 10.3. The van der Waals surface area contributed by atoms with Gasteiger partial charge in [0.15, 0.2) is 5.13 Å². The number of aromatic nitrogens is 2. The van der Waals surface area contributed by atoms with Crippen molar-refractivity contribution in [3.8, 4) is 0 Å². The van der Waals surface area contributed by atoms with Crippen LogP contribution in [-0.4, -0.2) is 9.97 Å². The molecule has 1 atom stereocenters. The van der Waals surface area contributed by atoms with E-state index < -0.39 is 0 Å². The summed E-state index contributed by atoms with van der Waals surface area (Å²) >= 11 is 5.14. The van der Waals surface area contributed by atoms with Crippen LogP contribution in [0, 0.1) is 0 Å². The molecule has 1 aromatic carbocycles. The fourth-order valence-corrected chi connectivity index (χ4v) is 3.37. The summed E-state index contributed by atoms with van der Waals surface area (Å²) in [4.78, 5) is 8.72. The summed E-state index contributed by atoms with van der Waals surface area (Å²) < 4.78 is 2.26. The number of nitrogens with one attached hydrogen (secondary N) is 1. The molecule has 0 aliphatic rings. The second-order valence-electron chi connectivity index (χ2n) is 4.28. The summed E-state index contributed by atoms with van der Waals surface area (Å²) in [6.07, 6.45) is 3.66. The first-order chi connectivity index (χ1) is 9.22. The molecule has 0 saturated carbocycles. The number of pyridine rings is 1. The van der Waals surface area contributed by atoms with Crippen LogP contribution >= 0.6 is 27.3 Å². The molecule has 0 amide bonds. The van der Waals surface area contributed by atoms with Gasteiger partial charge in [0.25, 0.3) is 0 Å². The van der Waals surface area contributed by atoms with Crippen LogP contribution in [0.3, 0.4) is 0 Å². The van der Waals surface area contributed by atoms with Gasteiger partial charge in [-0.15, -0.1) is 0 Å². The molecule has 0 bridgehead atoms. The molecule has 96 valence electrons. The molecule has 0 fully saturated rings. The molecule has 3 nitrogen and oxygen atoms in total. The lowest BCUT2D eigenvalue weighted by molar-refractivity contribution is 0.874. The zero-order valence-electron chi connectivity index (χ0n) is 10.3. The van der Waals surface area contributed by atoms with E-state index in [-0.39, 0.29) is 6.04 Å². The van der Waals surface area contributed by atoms with E-state index in [0.717, 1.165) is 20.7 Å². The van der Waals surface area contributed by atoms with Gasteiger partial charge in [-0.25, -0.2) is 4.98 Å². The number of hydrogen-bond acceptors (Lipinski definition) is 4. The Kier molecular flexibility index (Phi) is 3.48. The van der Waals surface area contributed by atoms with E-state index >= 15 is 0 Å². The first-order valence-corrected chi connectivity index (χ1v) is 7.56. The summed E-state index contributed by atoms with van der Waals surface area (Å²) in [7, 11) is 0. The molecule has 3 rings (SSSR count). The lowest BCUT2D eigenvalue weighted by Gasteiger charge is -2.12. The first-order valence-electron chi connectivity index (χ1n) is 5.95. The Morgan fingerprint density at radius 2 is 2.21 bits per heavy atom. The van der Waals surface area contributed by atoms with Crippen molar-refractivity contribution in [2.75, 3.05) is 5.32 Å². The second kappa shape index (κ2) is 5.27. The van der Waals surface area contributed by atoms with Crippen LogP contribution in [0.15, 0.2) is 47.2 Å². The highest BCUT2D eigenvalue weighted by molar-refractivity contribution is 9.10.